The summed E-state index contributed by atoms with van der Waals surface area (Å²) in [6.45, 7) is 2.23. The van der Waals surface area contributed by atoms with Crippen molar-refractivity contribution < 1.29 is 18.0 Å². The fraction of sp³-hybridized carbons (Fsp3) is 0.650. The lowest BCUT2D eigenvalue weighted by molar-refractivity contribution is -0.137. The van der Waals surface area contributed by atoms with Gasteiger partial charge < -0.3 is 10.6 Å². The van der Waals surface area contributed by atoms with Gasteiger partial charge in [-0.05, 0) is 62.1 Å². The number of alkyl halides is 3. The Labute approximate surface area is 163 Å². The Morgan fingerprint density at radius 3 is 2.41 bits per heavy atom. The van der Waals surface area contributed by atoms with Crippen molar-refractivity contribution in [1.82, 2.24) is 10.6 Å². The molecule has 1 aliphatic carbocycles. The summed E-state index contributed by atoms with van der Waals surface area (Å²) in [4.78, 5) is 13.0. The standard InChI is InChI=1S/C20H25F3N2O.ClH/c1-12-10-15-6-7-16(24-15)17(11-12)25-18(26)19(8-9-19)13-2-4-14(5-3-13)20(21,22)23;/h2-5,12,15-17,24H,6-11H2,1H3,(H,25,26);1H. The van der Waals surface area contributed by atoms with Gasteiger partial charge in [0.2, 0.25) is 5.91 Å². The van der Waals surface area contributed by atoms with E-state index in [9.17, 15) is 18.0 Å². The molecular formula is C20H26ClF3N2O. The zero-order chi connectivity index (χ0) is 18.5. The highest BCUT2D eigenvalue weighted by Crippen LogP contribution is 2.49. The van der Waals surface area contributed by atoms with E-state index in [-0.39, 0.29) is 24.4 Å². The average Bonchev–Trinajstić information content (AvgIpc) is 3.29. The molecule has 3 nitrogen and oxygen atoms in total. The molecule has 1 amide bonds. The van der Waals surface area contributed by atoms with E-state index >= 15 is 0 Å². The molecule has 2 aliphatic heterocycles. The Bertz CT molecular complexity index is 687. The lowest BCUT2D eigenvalue weighted by Crippen LogP contribution is -2.50. The molecule has 2 saturated heterocycles. The van der Waals surface area contributed by atoms with Crippen LogP contribution in [0, 0.1) is 5.92 Å². The van der Waals surface area contributed by atoms with Crippen molar-refractivity contribution in [3.63, 3.8) is 0 Å². The Kier molecular flexibility index (Phi) is 5.52. The second kappa shape index (κ2) is 7.28. The summed E-state index contributed by atoms with van der Waals surface area (Å²) >= 11 is 0. The first kappa shape index (κ1) is 20.5. The van der Waals surface area contributed by atoms with Crippen molar-refractivity contribution in [2.24, 2.45) is 5.92 Å². The smallest absolute Gasteiger partial charge is 0.351 e. The van der Waals surface area contributed by atoms with Gasteiger partial charge in [-0.15, -0.1) is 12.4 Å². The third kappa shape index (κ3) is 3.97. The van der Waals surface area contributed by atoms with Crippen molar-refractivity contribution >= 4 is 18.3 Å². The molecule has 0 aromatic heterocycles. The molecule has 7 heteroatoms. The molecule has 1 saturated carbocycles. The van der Waals surface area contributed by atoms with Gasteiger partial charge in [0, 0.05) is 18.1 Å². The van der Waals surface area contributed by atoms with E-state index in [2.05, 4.69) is 17.6 Å². The molecule has 1 aromatic carbocycles. The number of hydrogen-bond donors (Lipinski definition) is 2. The Hall–Kier alpha value is -1.27. The summed E-state index contributed by atoms with van der Waals surface area (Å²) in [6.07, 6.45) is 1.40. The highest BCUT2D eigenvalue weighted by atomic mass is 35.5. The van der Waals surface area contributed by atoms with Crippen LogP contribution in [0.5, 0.6) is 0 Å². The van der Waals surface area contributed by atoms with Gasteiger partial charge in [0.15, 0.2) is 0 Å². The van der Waals surface area contributed by atoms with E-state index in [4.69, 9.17) is 0 Å². The number of nitrogens with one attached hydrogen (secondary N) is 2. The zero-order valence-corrected chi connectivity index (χ0v) is 16.1. The third-order valence-corrected chi connectivity index (χ3v) is 6.37. The van der Waals surface area contributed by atoms with Crippen LogP contribution in [0.25, 0.3) is 0 Å². The van der Waals surface area contributed by atoms with Crippen LogP contribution in [0.3, 0.4) is 0 Å². The molecule has 2 heterocycles. The second-order valence-electron chi connectivity index (χ2n) is 8.36. The van der Waals surface area contributed by atoms with Gasteiger partial charge in [-0.2, -0.15) is 13.2 Å². The molecule has 4 rings (SSSR count). The van der Waals surface area contributed by atoms with E-state index in [0.717, 1.165) is 37.8 Å². The number of halogens is 4. The summed E-state index contributed by atoms with van der Waals surface area (Å²) in [5, 5.41) is 6.87. The minimum Gasteiger partial charge on any atom is -0.351 e. The van der Waals surface area contributed by atoms with Gasteiger partial charge in [0.1, 0.15) is 0 Å². The number of carbonyl (C=O) groups excluding carboxylic acids is 1. The van der Waals surface area contributed by atoms with Crippen LogP contribution in [-0.4, -0.2) is 24.0 Å². The molecule has 1 aromatic rings. The van der Waals surface area contributed by atoms with Crippen molar-refractivity contribution in [2.45, 2.75) is 75.2 Å². The number of fused-ring (bicyclic) bond motifs is 2. The maximum Gasteiger partial charge on any atom is 0.416 e. The molecule has 4 unspecified atom stereocenters. The van der Waals surface area contributed by atoms with Crippen LogP contribution in [0.2, 0.25) is 0 Å². The fourth-order valence-corrected chi connectivity index (χ4v) is 4.75. The van der Waals surface area contributed by atoms with Crippen LogP contribution in [0.1, 0.15) is 56.6 Å². The molecule has 4 atom stereocenters. The van der Waals surface area contributed by atoms with Crippen molar-refractivity contribution in [3.05, 3.63) is 35.4 Å². The van der Waals surface area contributed by atoms with Crippen molar-refractivity contribution in [2.75, 3.05) is 0 Å². The van der Waals surface area contributed by atoms with E-state index in [0.29, 0.717) is 36.4 Å². The predicted octanol–water partition coefficient (Wildman–Crippen LogP) is 4.19. The topological polar surface area (TPSA) is 41.1 Å². The largest absolute Gasteiger partial charge is 0.416 e. The van der Waals surface area contributed by atoms with E-state index in [1.807, 2.05) is 0 Å². The normalized spacial score (nSPS) is 31.6. The summed E-state index contributed by atoms with van der Waals surface area (Å²) in [6, 6.07) is 6.08. The number of hydrogen-bond acceptors (Lipinski definition) is 2. The summed E-state index contributed by atoms with van der Waals surface area (Å²) < 4.78 is 38.3. The highest BCUT2D eigenvalue weighted by molar-refractivity contribution is 5.91. The Morgan fingerprint density at radius 1 is 1.15 bits per heavy atom. The zero-order valence-electron chi connectivity index (χ0n) is 15.3. The lowest BCUT2D eigenvalue weighted by Gasteiger charge is -2.28. The minimum atomic E-state index is -4.35. The van der Waals surface area contributed by atoms with Gasteiger partial charge in [0.05, 0.1) is 11.0 Å². The average molecular weight is 403 g/mol. The van der Waals surface area contributed by atoms with Gasteiger partial charge in [-0.1, -0.05) is 19.1 Å². The van der Waals surface area contributed by atoms with Crippen LogP contribution < -0.4 is 10.6 Å². The molecule has 150 valence electrons. The van der Waals surface area contributed by atoms with E-state index < -0.39 is 17.2 Å². The molecule has 2 N–H and O–H groups in total. The molecule has 3 aliphatic rings. The van der Waals surface area contributed by atoms with Gasteiger partial charge >= 0.3 is 6.18 Å². The molecule has 2 bridgehead atoms. The van der Waals surface area contributed by atoms with Gasteiger partial charge in [0.25, 0.3) is 0 Å². The van der Waals surface area contributed by atoms with Gasteiger partial charge in [-0.3, -0.25) is 4.79 Å². The van der Waals surface area contributed by atoms with Crippen LogP contribution in [0.15, 0.2) is 24.3 Å². The summed E-state index contributed by atoms with van der Waals surface area (Å²) in [5.41, 5.74) is -0.615. The van der Waals surface area contributed by atoms with Crippen LogP contribution >= 0.6 is 12.4 Å². The van der Waals surface area contributed by atoms with Crippen molar-refractivity contribution in [3.8, 4) is 0 Å². The SMILES string of the molecule is CC1CC2CCC(N2)C(NC(=O)C2(c3ccc(C(F)(F)F)cc3)CC2)C1.Cl. The fourth-order valence-electron chi connectivity index (χ4n) is 4.75. The molecule has 27 heavy (non-hydrogen) atoms. The maximum absolute atomic E-state index is 13.0. The third-order valence-electron chi connectivity index (χ3n) is 6.37. The van der Waals surface area contributed by atoms with Crippen molar-refractivity contribution in [1.29, 1.82) is 0 Å². The predicted molar refractivity (Wildman–Crippen MR) is 99.9 cm³/mol. The highest BCUT2D eigenvalue weighted by Gasteiger charge is 2.52. The minimum absolute atomic E-state index is 0. The Morgan fingerprint density at radius 2 is 1.81 bits per heavy atom. The first-order valence-electron chi connectivity index (χ1n) is 9.53. The molecular weight excluding hydrogens is 377 g/mol. The number of benzene rings is 1. The van der Waals surface area contributed by atoms with Crippen LogP contribution in [-0.2, 0) is 16.4 Å². The monoisotopic (exact) mass is 402 g/mol. The molecule has 0 spiro atoms. The first-order chi connectivity index (χ1) is 12.3. The molecule has 0 radical (unpaired) electrons. The van der Waals surface area contributed by atoms with Crippen LogP contribution in [0.4, 0.5) is 13.2 Å². The van der Waals surface area contributed by atoms with E-state index in [1.54, 1.807) is 0 Å². The quantitative estimate of drug-likeness (QED) is 0.795. The number of amides is 1. The number of carbonyl (C=O) groups is 1. The second-order valence-corrected chi connectivity index (χ2v) is 8.36. The lowest BCUT2D eigenvalue weighted by atomic mass is 9.88. The Balaban J connectivity index is 0.00000210. The maximum atomic E-state index is 13.0. The molecule has 3 fully saturated rings. The first-order valence-corrected chi connectivity index (χ1v) is 9.53. The van der Waals surface area contributed by atoms with E-state index in [1.165, 1.54) is 12.1 Å². The number of rotatable bonds is 3. The summed E-state index contributed by atoms with van der Waals surface area (Å²) in [5.74, 6) is 0.533. The summed E-state index contributed by atoms with van der Waals surface area (Å²) in [7, 11) is 0. The van der Waals surface area contributed by atoms with Gasteiger partial charge in [-0.25, -0.2) is 0 Å².